The van der Waals surface area contributed by atoms with Crippen LogP contribution in [0.25, 0.3) is 6.08 Å². The van der Waals surface area contributed by atoms with Crippen LogP contribution < -0.4 is 14.8 Å². The topological polar surface area (TPSA) is 60.5 Å². The number of halogens is 1. The Bertz CT molecular complexity index is 732. The number of benzene rings is 1. The Hall–Kier alpha value is -2.53. The molecule has 2 heterocycles. The first-order valence-electron chi connectivity index (χ1n) is 7.21. The summed E-state index contributed by atoms with van der Waals surface area (Å²) < 4.78 is 11.1. The van der Waals surface area contributed by atoms with Gasteiger partial charge in [0, 0.05) is 30.8 Å². The predicted molar refractivity (Wildman–Crippen MR) is 89.0 cm³/mol. The van der Waals surface area contributed by atoms with Crippen LogP contribution >= 0.6 is 11.6 Å². The third-order valence-corrected chi connectivity index (χ3v) is 3.50. The van der Waals surface area contributed by atoms with Crippen molar-refractivity contribution < 1.29 is 14.3 Å². The van der Waals surface area contributed by atoms with Gasteiger partial charge in [-0.25, -0.2) is 0 Å². The van der Waals surface area contributed by atoms with Crippen molar-refractivity contribution in [1.29, 1.82) is 0 Å². The summed E-state index contributed by atoms with van der Waals surface area (Å²) in [7, 11) is 0. The Morgan fingerprint density at radius 3 is 2.74 bits per heavy atom. The SMILES string of the molecule is O=C(C=Cc1ccccn1)Nc1cc2c(cc1Cl)OCCCO2. The highest BCUT2D eigenvalue weighted by Crippen LogP contribution is 2.37. The fraction of sp³-hybridized carbons (Fsp3) is 0.176. The molecule has 1 aliphatic rings. The van der Waals surface area contributed by atoms with Gasteiger partial charge in [-0.2, -0.15) is 0 Å². The van der Waals surface area contributed by atoms with E-state index < -0.39 is 0 Å². The zero-order chi connectivity index (χ0) is 16.1. The number of hydrogen-bond donors (Lipinski definition) is 1. The fourth-order valence-electron chi connectivity index (χ4n) is 2.09. The predicted octanol–water partition coefficient (Wildman–Crippen LogP) is 3.55. The maximum atomic E-state index is 12.0. The van der Waals surface area contributed by atoms with Gasteiger partial charge in [-0.1, -0.05) is 17.7 Å². The van der Waals surface area contributed by atoms with Gasteiger partial charge in [0.05, 0.1) is 29.6 Å². The van der Waals surface area contributed by atoms with E-state index in [1.165, 1.54) is 6.08 Å². The number of ether oxygens (including phenoxy) is 2. The lowest BCUT2D eigenvalue weighted by Crippen LogP contribution is -2.08. The van der Waals surface area contributed by atoms with Gasteiger partial charge in [0.15, 0.2) is 11.5 Å². The molecular formula is C17H15ClN2O3. The van der Waals surface area contributed by atoms with E-state index in [4.69, 9.17) is 21.1 Å². The van der Waals surface area contributed by atoms with Crippen molar-refractivity contribution in [1.82, 2.24) is 4.98 Å². The Balaban J connectivity index is 1.73. The molecule has 1 aliphatic heterocycles. The molecule has 0 spiro atoms. The highest BCUT2D eigenvalue weighted by Gasteiger charge is 2.14. The van der Waals surface area contributed by atoms with Crippen LogP contribution in [0, 0.1) is 0 Å². The highest BCUT2D eigenvalue weighted by molar-refractivity contribution is 6.34. The number of pyridine rings is 1. The molecule has 6 heteroatoms. The van der Waals surface area contributed by atoms with Crippen molar-refractivity contribution in [3.8, 4) is 11.5 Å². The summed E-state index contributed by atoms with van der Waals surface area (Å²) in [6.07, 6.45) is 5.51. The molecule has 1 amide bonds. The van der Waals surface area contributed by atoms with Crippen LogP contribution in [0.3, 0.4) is 0 Å². The van der Waals surface area contributed by atoms with Gasteiger partial charge in [-0.05, 0) is 18.2 Å². The lowest BCUT2D eigenvalue weighted by Gasteiger charge is -2.11. The number of amides is 1. The van der Waals surface area contributed by atoms with Crippen molar-refractivity contribution in [2.24, 2.45) is 0 Å². The van der Waals surface area contributed by atoms with Gasteiger partial charge in [-0.15, -0.1) is 0 Å². The minimum atomic E-state index is -0.299. The van der Waals surface area contributed by atoms with Gasteiger partial charge < -0.3 is 14.8 Å². The van der Waals surface area contributed by atoms with Gasteiger partial charge in [0.25, 0.3) is 0 Å². The van der Waals surface area contributed by atoms with Crippen LogP contribution in [0.15, 0.2) is 42.6 Å². The van der Waals surface area contributed by atoms with Crippen molar-refractivity contribution in [2.75, 3.05) is 18.5 Å². The summed E-state index contributed by atoms with van der Waals surface area (Å²) in [4.78, 5) is 16.1. The third-order valence-electron chi connectivity index (χ3n) is 3.19. The molecule has 0 saturated heterocycles. The smallest absolute Gasteiger partial charge is 0.248 e. The van der Waals surface area contributed by atoms with Crippen LogP contribution in [-0.4, -0.2) is 24.1 Å². The zero-order valence-corrected chi connectivity index (χ0v) is 13.0. The molecule has 0 saturated carbocycles. The molecule has 0 atom stereocenters. The average Bonchev–Trinajstić information content (AvgIpc) is 2.79. The maximum absolute atomic E-state index is 12.0. The molecule has 0 unspecified atom stereocenters. The van der Waals surface area contributed by atoms with E-state index in [9.17, 15) is 4.79 Å². The monoisotopic (exact) mass is 330 g/mol. The summed E-state index contributed by atoms with van der Waals surface area (Å²) in [6, 6.07) is 8.81. The van der Waals surface area contributed by atoms with E-state index in [0.29, 0.717) is 41.1 Å². The van der Waals surface area contributed by atoms with Crippen molar-refractivity contribution in [3.63, 3.8) is 0 Å². The molecule has 0 aliphatic carbocycles. The van der Waals surface area contributed by atoms with E-state index >= 15 is 0 Å². The summed E-state index contributed by atoms with van der Waals surface area (Å²) in [5.41, 5.74) is 1.18. The molecule has 23 heavy (non-hydrogen) atoms. The van der Waals surface area contributed by atoms with E-state index in [1.54, 1.807) is 24.4 Å². The van der Waals surface area contributed by atoms with E-state index in [0.717, 1.165) is 6.42 Å². The van der Waals surface area contributed by atoms with E-state index in [1.807, 2.05) is 18.2 Å². The Morgan fingerprint density at radius 1 is 1.22 bits per heavy atom. The van der Waals surface area contributed by atoms with E-state index in [2.05, 4.69) is 10.3 Å². The molecule has 0 bridgehead atoms. The molecule has 5 nitrogen and oxygen atoms in total. The number of rotatable bonds is 3. The van der Waals surface area contributed by atoms with Crippen LogP contribution in [-0.2, 0) is 4.79 Å². The van der Waals surface area contributed by atoms with Crippen molar-refractivity contribution in [2.45, 2.75) is 6.42 Å². The number of aromatic nitrogens is 1. The van der Waals surface area contributed by atoms with Gasteiger partial charge >= 0.3 is 0 Å². The Labute approximate surface area is 138 Å². The van der Waals surface area contributed by atoms with Crippen molar-refractivity contribution in [3.05, 3.63) is 53.3 Å². The average molecular weight is 331 g/mol. The second-order valence-corrected chi connectivity index (χ2v) is 5.31. The third kappa shape index (κ3) is 4.02. The van der Waals surface area contributed by atoms with Crippen LogP contribution in [0.4, 0.5) is 5.69 Å². The molecule has 0 radical (unpaired) electrons. The number of hydrogen-bond acceptors (Lipinski definition) is 4. The maximum Gasteiger partial charge on any atom is 0.248 e. The van der Waals surface area contributed by atoms with Gasteiger partial charge in [-0.3, -0.25) is 9.78 Å². The van der Waals surface area contributed by atoms with Crippen LogP contribution in [0.5, 0.6) is 11.5 Å². The number of nitrogens with one attached hydrogen (secondary N) is 1. The van der Waals surface area contributed by atoms with Crippen LogP contribution in [0.1, 0.15) is 12.1 Å². The first kappa shape index (κ1) is 15.4. The molecule has 2 aromatic rings. The number of carbonyl (C=O) groups excluding carboxylic acids is 1. The van der Waals surface area contributed by atoms with E-state index in [-0.39, 0.29) is 5.91 Å². The second kappa shape index (κ2) is 7.15. The molecule has 1 N–H and O–H groups in total. The lowest BCUT2D eigenvalue weighted by atomic mass is 10.2. The van der Waals surface area contributed by atoms with Crippen LogP contribution in [0.2, 0.25) is 5.02 Å². The van der Waals surface area contributed by atoms with Gasteiger partial charge in [0.1, 0.15) is 0 Å². The molecule has 1 aromatic heterocycles. The number of carbonyl (C=O) groups is 1. The standard InChI is InChI=1S/C17H15ClN2O3/c18-13-10-15-16(23-9-3-8-22-15)11-14(13)20-17(21)6-5-12-4-1-2-7-19-12/h1-2,4-7,10-11H,3,8-9H2,(H,20,21). The lowest BCUT2D eigenvalue weighted by molar-refractivity contribution is -0.111. The minimum absolute atomic E-state index is 0.299. The number of nitrogens with zero attached hydrogens (tertiary/aromatic N) is 1. The molecule has 3 rings (SSSR count). The Morgan fingerprint density at radius 2 is 2.00 bits per heavy atom. The zero-order valence-electron chi connectivity index (χ0n) is 12.3. The molecule has 118 valence electrons. The molecular weight excluding hydrogens is 316 g/mol. The molecule has 1 aromatic carbocycles. The number of anilines is 1. The second-order valence-electron chi connectivity index (χ2n) is 4.91. The Kier molecular flexibility index (Phi) is 4.78. The largest absolute Gasteiger partial charge is 0.490 e. The highest BCUT2D eigenvalue weighted by atomic mass is 35.5. The normalized spacial score (nSPS) is 13.6. The van der Waals surface area contributed by atoms with Gasteiger partial charge in [0.2, 0.25) is 5.91 Å². The molecule has 0 fully saturated rings. The summed E-state index contributed by atoms with van der Waals surface area (Å²) in [5.74, 6) is 0.873. The van der Waals surface area contributed by atoms with Crippen molar-refractivity contribution >= 4 is 29.3 Å². The minimum Gasteiger partial charge on any atom is -0.490 e. The summed E-state index contributed by atoms with van der Waals surface area (Å²) >= 11 is 6.19. The summed E-state index contributed by atoms with van der Waals surface area (Å²) in [5, 5.41) is 3.13. The first-order valence-corrected chi connectivity index (χ1v) is 7.59. The fourth-order valence-corrected chi connectivity index (χ4v) is 2.29. The summed E-state index contributed by atoms with van der Waals surface area (Å²) in [6.45, 7) is 1.16. The first-order chi connectivity index (χ1) is 11.2. The number of fused-ring (bicyclic) bond motifs is 1. The quantitative estimate of drug-likeness (QED) is 0.874.